The van der Waals surface area contributed by atoms with Crippen molar-refractivity contribution >= 4 is 40.4 Å². The number of halogens is 3. The normalized spacial score (nSPS) is 15.0. The van der Waals surface area contributed by atoms with Crippen molar-refractivity contribution in [3.05, 3.63) is 63.4 Å². The second kappa shape index (κ2) is 9.20. The number of nitrogens with zero attached hydrogens (tertiary/aromatic N) is 2. The second-order valence-electron chi connectivity index (χ2n) is 6.36. The molecule has 0 N–H and O–H groups in total. The van der Waals surface area contributed by atoms with Crippen LogP contribution in [0.4, 0.5) is 4.39 Å². The van der Waals surface area contributed by atoms with Crippen LogP contribution in [0.25, 0.3) is 0 Å². The van der Waals surface area contributed by atoms with Crippen molar-refractivity contribution in [2.24, 2.45) is 0 Å². The van der Waals surface area contributed by atoms with Gasteiger partial charge in [0.15, 0.2) is 0 Å². The lowest BCUT2D eigenvalue weighted by atomic mass is 10.1. The Labute approximate surface area is 174 Å². The number of ether oxygens (including phenoxy) is 1. The van der Waals surface area contributed by atoms with Gasteiger partial charge >= 0.3 is 0 Å². The summed E-state index contributed by atoms with van der Waals surface area (Å²) < 4.78 is 19.9. The van der Waals surface area contributed by atoms with E-state index in [-0.39, 0.29) is 6.61 Å². The lowest BCUT2D eigenvalue weighted by Crippen LogP contribution is -2.48. The van der Waals surface area contributed by atoms with Crippen LogP contribution in [-0.2, 0) is 6.61 Å². The Kier molecular flexibility index (Phi) is 6.93. The van der Waals surface area contributed by atoms with Crippen LogP contribution >= 0.6 is 35.4 Å². The molecule has 144 valence electrons. The van der Waals surface area contributed by atoms with Gasteiger partial charge in [0, 0.05) is 36.8 Å². The van der Waals surface area contributed by atoms with Gasteiger partial charge in [0.25, 0.3) is 0 Å². The summed E-state index contributed by atoms with van der Waals surface area (Å²) in [6.07, 6.45) is 0. The molecule has 0 amide bonds. The molecule has 3 nitrogen and oxygen atoms in total. The molecular formula is C20H21Cl2FN2OS. The van der Waals surface area contributed by atoms with E-state index in [0.29, 0.717) is 26.3 Å². The highest BCUT2D eigenvalue weighted by Gasteiger charge is 2.21. The number of thiocarbonyl (C=S) groups is 1. The minimum atomic E-state index is -0.392. The number of hydrogen-bond donors (Lipinski definition) is 0. The van der Waals surface area contributed by atoms with E-state index < -0.39 is 5.82 Å². The van der Waals surface area contributed by atoms with Crippen LogP contribution < -0.4 is 4.74 Å². The van der Waals surface area contributed by atoms with Crippen molar-refractivity contribution in [3.8, 4) is 5.75 Å². The van der Waals surface area contributed by atoms with Crippen molar-refractivity contribution < 1.29 is 9.13 Å². The first kappa shape index (κ1) is 20.3. The average molecular weight is 427 g/mol. The maximum atomic E-state index is 14.0. The van der Waals surface area contributed by atoms with Crippen LogP contribution in [0.1, 0.15) is 18.1 Å². The fourth-order valence-electron chi connectivity index (χ4n) is 3.05. The SMILES string of the molecule is CCN1CCN(C(=S)c2cc(Cl)ccc2OCc2c(F)cccc2Cl)CC1. The standard InChI is InChI=1S/C20H21Cl2FN2OS/c1-2-24-8-10-25(11-9-24)20(27)15-12-14(21)6-7-19(15)26-13-16-17(22)4-3-5-18(16)23/h3-7,12H,2,8-11,13H2,1H3. The van der Waals surface area contributed by atoms with Gasteiger partial charge in [-0.15, -0.1) is 0 Å². The summed E-state index contributed by atoms with van der Waals surface area (Å²) in [5.74, 6) is 0.179. The topological polar surface area (TPSA) is 15.7 Å². The average Bonchev–Trinajstić information content (AvgIpc) is 2.68. The smallest absolute Gasteiger partial charge is 0.131 e. The maximum Gasteiger partial charge on any atom is 0.131 e. The molecule has 0 radical (unpaired) electrons. The minimum Gasteiger partial charge on any atom is -0.488 e. The Morgan fingerprint density at radius 2 is 1.89 bits per heavy atom. The highest BCUT2D eigenvalue weighted by Crippen LogP contribution is 2.28. The zero-order chi connectivity index (χ0) is 19.4. The molecule has 0 saturated carbocycles. The van der Waals surface area contributed by atoms with Crippen LogP contribution in [0, 0.1) is 5.82 Å². The van der Waals surface area contributed by atoms with Gasteiger partial charge in [0.05, 0.1) is 10.6 Å². The molecule has 0 unspecified atom stereocenters. The lowest BCUT2D eigenvalue weighted by molar-refractivity contribution is 0.191. The van der Waals surface area contributed by atoms with E-state index in [2.05, 4.69) is 16.7 Å². The Balaban J connectivity index is 1.78. The summed E-state index contributed by atoms with van der Waals surface area (Å²) >= 11 is 18.0. The molecule has 1 fully saturated rings. The fraction of sp³-hybridized carbons (Fsp3) is 0.350. The molecule has 2 aromatic carbocycles. The molecule has 1 heterocycles. The summed E-state index contributed by atoms with van der Waals surface area (Å²) in [5.41, 5.74) is 1.07. The molecule has 1 saturated heterocycles. The van der Waals surface area contributed by atoms with E-state index in [1.807, 2.05) is 0 Å². The number of rotatable bonds is 5. The summed E-state index contributed by atoms with van der Waals surface area (Å²) in [4.78, 5) is 5.24. The van der Waals surface area contributed by atoms with Gasteiger partial charge in [0.2, 0.25) is 0 Å². The third kappa shape index (κ3) is 4.91. The molecule has 0 spiro atoms. The number of likely N-dealkylation sites (N-methyl/N-ethyl adjacent to an activating group) is 1. The van der Waals surface area contributed by atoms with Crippen LogP contribution in [0.2, 0.25) is 10.0 Å². The second-order valence-corrected chi connectivity index (χ2v) is 7.59. The predicted octanol–water partition coefficient (Wildman–Crippen LogP) is 5.02. The van der Waals surface area contributed by atoms with E-state index >= 15 is 0 Å². The van der Waals surface area contributed by atoms with E-state index in [1.165, 1.54) is 6.07 Å². The molecule has 0 bridgehead atoms. The molecule has 0 atom stereocenters. The summed E-state index contributed by atoms with van der Waals surface area (Å²) in [6, 6.07) is 9.88. The quantitative estimate of drug-likeness (QED) is 0.622. The zero-order valence-electron chi connectivity index (χ0n) is 15.1. The van der Waals surface area contributed by atoms with Crippen molar-refractivity contribution in [1.29, 1.82) is 0 Å². The van der Waals surface area contributed by atoms with Crippen molar-refractivity contribution in [2.75, 3.05) is 32.7 Å². The molecule has 1 aliphatic heterocycles. The van der Waals surface area contributed by atoms with E-state index in [4.69, 9.17) is 40.2 Å². The van der Waals surface area contributed by atoms with Gasteiger partial charge in [-0.25, -0.2) is 4.39 Å². The monoisotopic (exact) mass is 426 g/mol. The van der Waals surface area contributed by atoms with Crippen LogP contribution in [0.15, 0.2) is 36.4 Å². The largest absolute Gasteiger partial charge is 0.488 e. The molecule has 27 heavy (non-hydrogen) atoms. The number of piperazine rings is 1. The molecule has 0 aromatic heterocycles. The van der Waals surface area contributed by atoms with Gasteiger partial charge in [0.1, 0.15) is 23.2 Å². The molecule has 3 rings (SSSR count). The van der Waals surface area contributed by atoms with Gasteiger partial charge in [-0.05, 0) is 36.9 Å². The summed E-state index contributed by atoms with van der Waals surface area (Å²) in [6.45, 7) is 6.87. The Hall–Kier alpha value is -1.40. The lowest BCUT2D eigenvalue weighted by Gasteiger charge is -2.36. The molecule has 2 aromatic rings. The van der Waals surface area contributed by atoms with E-state index in [0.717, 1.165) is 38.3 Å². The fourth-order valence-corrected chi connectivity index (χ4v) is 3.78. The molecule has 7 heteroatoms. The zero-order valence-corrected chi connectivity index (χ0v) is 17.4. The first-order valence-electron chi connectivity index (χ1n) is 8.86. The Bertz CT molecular complexity index is 805. The van der Waals surface area contributed by atoms with Crippen molar-refractivity contribution in [2.45, 2.75) is 13.5 Å². The summed E-state index contributed by atoms with van der Waals surface area (Å²) in [7, 11) is 0. The Morgan fingerprint density at radius 3 is 2.56 bits per heavy atom. The van der Waals surface area contributed by atoms with Gasteiger partial charge in [-0.3, -0.25) is 0 Å². The minimum absolute atomic E-state index is 0.0202. The van der Waals surface area contributed by atoms with Crippen molar-refractivity contribution in [3.63, 3.8) is 0 Å². The number of hydrogen-bond acceptors (Lipinski definition) is 3. The highest BCUT2D eigenvalue weighted by atomic mass is 35.5. The molecule has 0 aliphatic carbocycles. The van der Waals surface area contributed by atoms with Gasteiger partial charge in [-0.1, -0.05) is 48.4 Å². The van der Waals surface area contributed by atoms with Crippen LogP contribution in [-0.4, -0.2) is 47.5 Å². The Morgan fingerprint density at radius 1 is 1.15 bits per heavy atom. The first-order valence-corrected chi connectivity index (χ1v) is 10.0. The van der Waals surface area contributed by atoms with Crippen LogP contribution in [0.3, 0.4) is 0 Å². The van der Waals surface area contributed by atoms with E-state index in [9.17, 15) is 4.39 Å². The third-order valence-corrected chi connectivity index (χ3v) is 5.78. The highest BCUT2D eigenvalue weighted by molar-refractivity contribution is 7.80. The van der Waals surface area contributed by atoms with Gasteiger partial charge < -0.3 is 14.5 Å². The first-order chi connectivity index (χ1) is 13.0. The predicted molar refractivity (Wildman–Crippen MR) is 113 cm³/mol. The molecule has 1 aliphatic rings. The summed E-state index contributed by atoms with van der Waals surface area (Å²) in [5, 5.41) is 0.916. The number of benzene rings is 2. The third-order valence-electron chi connectivity index (χ3n) is 4.71. The van der Waals surface area contributed by atoms with E-state index in [1.54, 1.807) is 30.3 Å². The molecular weight excluding hydrogens is 406 g/mol. The maximum absolute atomic E-state index is 14.0. The van der Waals surface area contributed by atoms with Crippen LogP contribution in [0.5, 0.6) is 5.75 Å². The van der Waals surface area contributed by atoms with Gasteiger partial charge in [-0.2, -0.15) is 0 Å². The van der Waals surface area contributed by atoms with Crippen molar-refractivity contribution in [1.82, 2.24) is 9.80 Å².